The molecule has 0 aliphatic rings. The number of benzene rings is 1. The molecule has 2 heterocycles. The number of H-pyrrole nitrogens is 2. The molecule has 3 rings (SSSR count). The molecule has 0 unspecified atom stereocenters. The number of aromatic amines is 2. The lowest BCUT2D eigenvalue weighted by molar-refractivity contribution is 0.0949. The number of aryl methyl sites for hydroxylation is 1. The molecule has 0 bridgehead atoms. The molecule has 6 nitrogen and oxygen atoms in total. The molecular formula is C14H15N5O. The van der Waals surface area contributed by atoms with Crippen molar-refractivity contribution in [2.45, 2.75) is 12.8 Å². The first kappa shape index (κ1) is 12.4. The van der Waals surface area contributed by atoms with Gasteiger partial charge in [0, 0.05) is 30.7 Å². The molecule has 3 aromatic rings. The topological polar surface area (TPSA) is 86.5 Å². The van der Waals surface area contributed by atoms with Gasteiger partial charge in [-0.1, -0.05) is 18.2 Å². The van der Waals surface area contributed by atoms with Gasteiger partial charge in [0.05, 0.1) is 5.52 Å². The first-order chi connectivity index (χ1) is 9.84. The van der Waals surface area contributed by atoms with Gasteiger partial charge in [0.1, 0.15) is 5.82 Å². The summed E-state index contributed by atoms with van der Waals surface area (Å²) in [6.07, 6.45) is 5.17. The van der Waals surface area contributed by atoms with E-state index in [-0.39, 0.29) is 5.91 Å². The zero-order valence-electron chi connectivity index (χ0n) is 10.9. The molecule has 0 aliphatic carbocycles. The third kappa shape index (κ3) is 2.54. The lowest BCUT2D eigenvalue weighted by Crippen LogP contribution is -2.25. The number of imidazole rings is 1. The second-order valence-electron chi connectivity index (χ2n) is 4.51. The molecule has 0 radical (unpaired) electrons. The van der Waals surface area contributed by atoms with Crippen LogP contribution in [0.1, 0.15) is 22.7 Å². The smallest absolute Gasteiger partial charge is 0.272 e. The normalized spacial score (nSPS) is 10.8. The van der Waals surface area contributed by atoms with E-state index in [0.29, 0.717) is 12.2 Å². The van der Waals surface area contributed by atoms with E-state index in [2.05, 4.69) is 25.5 Å². The minimum Gasteiger partial charge on any atom is -0.351 e. The van der Waals surface area contributed by atoms with Gasteiger partial charge in [0.25, 0.3) is 5.91 Å². The Balaban J connectivity index is 1.56. The number of para-hydroxylation sites is 1. The summed E-state index contributed by atoms with van der Waals surface area (Å²) in [5.74, 6) is 0.784. The van der Waals surface area contributed by atoms with Crippen LogP contribution in [0.3, 0.4) is 0 Å². The van der Waals surface area contributed by atoms with Gasteiger partial charge in [-0.2, -0.15) is 5.10 Å². The van der Waals surface area contributed by atoms with Gasteiger partial charge < -0.3 is 10.3 Å². The van der Waals surface area contributed by atoms with E-state index in [1.165, 1.54) is 0 Å². The Morgan fingerprint density at radius 2 is 2.20 bits per heavy atom. The molecule has 0 saturated heterocycles. The van der Waals surface area contributed by atoms with E-state index in [4.69, 9.17) is 0 Å². The van der Waals surface area contributed by atoms with Crippen molar-refractivity contribution < 1.29 is 4.79 Å². The van der Waals surface area contributed by atoms with E-state index < -0.39 is 0 Å². The van der Waals surface area contributed by atoms with Gasteiger partial charge >= 0.3 is 0 Å². The van der Waals surface area contributed by atoms with Crippen molar-refractivity contribution in [3.63, 3.8) is 0 Å². The number of carbonyl (C=O) groups excluding carboxylic acids is 1. The third-order valence-corrected chi connectivity index (χ3v) is 3.12. The molecule has 6 heteroatoms. The summed E-state index contributed by atoms with van der Waals surface area (Å²) in [6.45, 7) is 0.598. The standard InChI is InChI=1S/C14H15N5O/c20-14(17-7-3-6-12-15-8-9-16-12)13-10-4-1-2-5-11(10)18-19-13/h1-2,4-5,8-9H,3,6-7H2,(H,15,16)(H,17,20)(H,18,19). The fraction of sp³-hybridized carbons (Fsp3) is 0.214. The summed E-state index contributed by atoms with van der Waals surface area (Å²) in [6, 6.07) is 7.59. The summed E-state index contributed by atoms with van der Waals surface area (Å²) in [5.41, 5.74) is 1.31. The summed E-state index contributed by atoms with van der Waals surface area (Å²) in [5, 5.41) is 10.6. The Kier molecular flexibility index (Phi) is 3.45. The number of fused-ring (bicyclic) bond motifs is 1. The van der Waals surface area contributed by atoms with Crippen LogP contribution < -0.4 is 5.32 Å². The predicted octanol–water partition coefficient (Wildman–Crippen LogP) is 1.65. The predicted molar refractivity (Wildman–Crippen MR) is 75.3 cm³/mol. The lowest BCUT2D eigenvalue weighted by atomic mass is 10.2. The summed E-state index contributed by atoms with van der Waals surface area (Å²) in [7, 11) is 0. The lowest BCUT2D eigenvalue weighted by Gasteiger charge is -2.02. The van der Waals surface area contributed by atoms with Crippen molar-refractivity contribution in [3.05, 3.63) is 48.2 Å². The first-order valence-corrected chi connectivity index (χ1v) is 6.54. The molecule has 0 saturated carbocycles. The second kappa shape index (κ2) is 5.56. The zero-order chi connectivity index (χ0) is 13.8. The summed E-state index contributed by atoms with van der Waals surface area (Å²) < 4.78 is 0. The van der Waals surface area contributed by atoms with Crippen LogP contribution in [0, 0.1) is 0 Å². The molecule has 0 atom stereocenters. The Bertz CT molecular complexity index is 701. The average molecular weight is 269 g/mol. The molecule has 1 aromatic carbocycles. The Hall–Kier alpha value is -2.63. The van der Waals surface area contributed by atoms with E-state index in [1.807, 2.05) is 24.3 Å². The fourth-order valence-corrected chi connectivity index (χ4v) is 2.11. The van der Waals surface area contributed by atoms with Crippen LogP contribution in [0.4, 0.5) is 0 Å². The Morgan fingerprint density at radius 3 is 3.05 bits per heavy atom. The van der Waals surface area contributed by atoms with Crippen molar-refractivity contribution in [2.75, 3.05) is 6.54 Å². The van der Waals surface area contributed by atoms with Crippen LogP contribution >= 0.6 is 0 Å². The number of hydrogen-bond acceptors (Lipinski definition) is 3. The number of amides is 1. The minimum absolute atomic E-state index is 0.151. The maximum Gasteiger partial charge on any atom is 0.272 e. The highest BCUT2D eigenvalue weighted by atomic mass is 16.1. The molecule has 20 heavy (non-hydrogen) atoms. The number of nitrogens with one attached hydrogen (secondary N) is 3. The molecule has 1 amide bonds. The SMILES string of the molecule is O=C(NCCCc1ncc[nH]1)c1n[nH]c2ccccc12. The molecule has 0 aliphatic heterocycles. The highest BCUT2D eigenvalue weighted by Gasteiger charge is 2.12. The summed E-state index contributed by atoms with van der Waals surface area (Å²) >= 11 is 0. The van der Waals surface area contributed by atoms with Crippen molar-refractivity contribution >= 4 is 16.8 Å². The second-order valence-corrected chi connectivity index (χ2v) is 4.51. The van der Waals surface area contributed by atoms with Gasteiger partial charge in [-0.15, -0.1) is 0 Å². The van der Waals surface area contributed by atoms with Crippen LogP contribution in [0.5, 0.6) is 0 Å². The van der Waals surface area contributed by atoms with Gasteiger partial charge in [0.15, 0.2) is 5.69 Å². The van der Waals surface area contributed by atoms with Crippen molar-refractivity contribution in [2.24, 2.45) is 0 Å². The highest BCUT2D eigenvalue weighted by molar-refractivity contribution is 6.04. The van der Waals surface area contributed by atoms with E-state index in [9.17, 15) is 4.79 Å². The average Bonchev–Trinajstić information content (AvgIpc) is 3.12. The van der Waals surface area contributed by atoms with Gasteiger partial charge in [0.2, 0.25) is 0 Å². The van der Waals surface area contributed by atoms with Gasteiger partial charge in [-0.3, -0.25) is 9.89 Å². The number of nitrogens with zero attached hydrogens (tertiary/aromatic N) is 2. The fourth-order valence-electron chi connectivity index (χ4n) is 2.11. The minimum atomic E-state index is -0.151. The molecule has 0 spiro atoms. The van der Waals surface area contributed by atoms with Crippen molar-refractivity contribution in [1.82, 2.24) is 25.5 Å². The Labute approximate surface area is 115 Å². The van der Waals surface area contributed by atoms with Crippen LogP contribution in [0.2, 0.25) is 0 Å². The maximum atomic E-state index is 12.1. The molecule has 102 valence electrons. The van der Waals surface area contributed by atoms with Crippen molar-refractivity contribution in [3.8, 4) is 0 Å². The quantitative estimate of drug-likeness (QED) is 0.615. The maximum absolute atomic E-state index is 12.1. The summed E-state index contributed by atoms with van der Waals surface area (Å²) in [4.78, 5) is 19.2. The number of hydrogen-bond donors (Lipinski definition) is 3. The number of carbonyl (C=O) groups is 1. The Morgan fingerprint density at radius 1 is 1.30 bits per heavy atom. The van der Waals surface area contributed by atoms with Crippen molar-refractivity contribution in [1.29, 1.82) is 0 Å². The third-order valence-electron chi connectivity index (χ3n) is 3.12. The monoisotopic (exact) mass is 269 g/mol. The van der Waals surface area contributed by atoms with Gasteiger partial charge in [-0.25, -0.2) is 4.98 Å². The molecule has 0 fully saturated rings. The van der Waals surface area contributed by atoms with Crippen LogP contribution in [-0.4, -0.2) is 32.6 Å². The molecular weight excluding hydrogens is 254 g/mol. The van der Waals surface area contributed by atoms with E-state index in [0.717, 1.165) is 29.6 Å². The zero-order valence-corrected chi connectivity index (χ0v) is 10.9. The van der Waals surface area contributed by atoms with Crippen LogP contribution in [-0.2, 0) is 6.42 Å². The largest absolute Gasteiger partial charge is 0.351 e. The molecule has 2 aromatic heterocycles. The first-order valence-electron chi connectivity index (χ1n) is 6.54. The number of rotatable bonds is 5. The number of aromatic nitrogens is 4. The van der Waals surface area contributed by atoms with Crippen LogP contribution in [0.25, 0.3) is 10.9 Å². The highest BCUT2D eigenvalue weighted by Crippen LogP contribution is 2.14. The van der Waals surface area contributed by atoms with Crippen LogP contribution in [0.15, 0.2) is 36.7 Å². The van der Waals surface area contributed by atoms with Gasteiger partial charge in [-0.05, 0) is 12.5 Å². The van der Waals surface area contributed by atoms with E-state index >= 15 is 0 Å². The molecule has 3 N–H and O–H groups in total. The van der Waals surface area contributed by atoms with E-state index in [1.54, 1.807) is 12.4 Å².